The average molecular weight is 491 g/mol. The first kappa shape index (κ1) is 25.7. The van der Waals surface area contributed by atoms with Crippen LogP contribution in [0.25, 0.3) is 0 Å². The van der Waals surface area contributed by atoms with Gasteiger partial charge < -0.3 is 20.1 Å². The quantitative estimate of drug-likeness (QED) is 0.435. The molecule has 10 heteroatoms. The molecule has 0 aliphatic heterocycles. The van der Waals surface area contributed by atoms with Gasteiger partial charge in [0.1, 0.15) is 24.2 Å². The number of carboxylic acid groups (broad SMARTS) is 1. The Morgan fingerprint density at radius 2 is 2.03 bits per heavy atom. The fraction of sp³-hybridized carbons (Fsp3) is 0.609. The van der Waals surface area contributed by atoms with Gasteiger partial charge in [-0.15, -0.1) is 0 Å². The van der Waals surface area contributed by atoms with Crippen molar-refractivity contribution in [2.24, 2.45) is 23.7 Å². The van der Waals surface area contributed by atoms with E-state index in [0.717, 1.165) is 25.0 Å². The second-order valence-corrected chi connectivity index (χ2v) is 10.5. The van der Waals surface area contributed by atoms with Gasteiger partial charge in [-0.1, -0.05) is 18.2 Å². The van der Waals surface area contributed by atoms with Gasteiger partial charge in [-0.05, 0) is 61.6 Å². The number of alkyl halides is 3. The normalized spacial score (nSPS) is 29.2. The predicted octanol–water partition coefficient (Wildman–Crippen LogP) is 3.25. The number of hydrogen-bond donors (Lipinski definition) is 3. The van der Waals surface area contributed by atoms with E-state index >= 15 is 0 Å². The van der Waals surface area contributed by atoms with Gasteiger partial charge in [0.15, 0.2) is 0 Å². The molecule has 2 aliphatic carbocycles. The number of fused-ring (bicyclic) bond motifs is 1. The van der Waals surface area contributed by atoms with E-state index in [9.17, 15) is 32.4 Å². The van der Waals surface area contributed by atoms with E-state index in [-0.39, 0.29) is 29.9 Å². The third kappa shape index (κ3) is 7.28. The highest BCUT2D eigenvalue weighted by atomic mass is 32.2. The van der Waals surface area contributed by atoms with E-state index in [1.54, 1.807) is 6.08 Å². The standard InChI is InChI=1S/C23H29F3O6S/c24-23(25,26)16-2-1-3-18(11-16)32-12-17(27)4-5-19-20-9-14(8-15(20)10-21(19)28)6-7-33(31)13-22(29)30/h1-5,11,14-15,17,19-21,27-28H,6-10,12-13H2,(H,29,30)/t14?,15-,17?,19-,20+,21-,33?/m0/s1. The summed E-state index contributed by atoms with van der Waals surface area (Å²) in [6, 6.07) is 4.45. The molecule has 184 valence electrons. The van der Waals surface area contributed by atoms with E-state index in [1.165, 1.54) is 18.2 Å². The van der Waals surface area contributed by atoms with Gasteiger partial charge in [0.05, 0.1) is 11.7 Å². The predicted molar refractivity (Wildman–Crippen MR) is 116 cm³/mol. The molecular formula is C23H29F3O6S. The molecule has 3 unspecified atom stereocenters. The SMILES string of the molecule is O=C(O)CS(=O)CCC1C[C@H]2C[C@H](O)[C@@H](C=CC(O)COc3cccc(C(F)(F)F)c3)[C@@H]2C1. The maximum absolute atomic E-state index is 12.8. The summed E-state index contributed by atoms with van der Waals surface area (Å²) in [5.41, 5.74) is -0.826. The third-order valence-electron chi connectivity index (χ3n) is 6.51. The van der Waals surface area contributed by atoms with Gasteiger partial charge in [-0.2, -0.15) is 13.2 Å². The molecule has 0 bridgehead atoms. The van der Waals surface area contributed by atoms with Gasteiger partial charge in [0.2, 0.25) is 0 Å². The van der Waals surface area contributed by atoms with Gasteiger partial charge in [-0.3, -0.25) is 9.00 Å². The number of ether oxygens (including phenoxy) is 1. The van der Waals surface area contributed by atoms with Crippen molar-refractivity contribution in [1.82, 2.24) is 0 Å². The minimum atomic E-state index is -4.47. The molecule has 6 nitrogen and oxygen atoms in total. The molecule has 2 fully saturated rings. The monoisotopic (exact) mass is 490 g/mol. The van der Waals surface area contributed by atoms with Crippen LogP contribution in [0.3, 0.4) is 0 Å². The van der Waals surface area contributed by atoms with E-state index in [1.807, 2.05) is 0 Å². The molecule has 0 heterocycles. The molecular weight excluding hydrogens is 461 g/mol. The molecule has 3 rings (SSSR count). The fourth-order valence-corrected chi connectivity index (χ4v) is 6.06. The van der Waals surface area contributed by atoms with Gasteiger partial charge in [-0.25, -0.2) is 0 Å². The number of halogens is 3. The highest BCUT2D eigenvalue weighted by Crippen LogP contribution is 2.51. The first-order chi connectivity index (χ1) is 15.5. The summed E-state index contributed by atoms with van der Waals surface area (Å²) in [4.78, 5) is 10.7. The Balaban J connectivity index is 1.49. The van der Waals surface area contributed by atoms with Crippen LogP contribution in [0, 0.1) is 23.7 Å². The van der Waals surface area contributed by atoms with Crippen molar-refractivity contribution in [3.63, 3.8) is 0 Å². The second-order valence-electron chi connectivity index (χ2n) is 8.90. The van der Waals surface area contributed by atoms with Crippen LogP contribution < -0.4 is 4.74 Å². The van der Waals surface area contributed by atoms with E-state index < -0.39 is 40.7 Å². The van der Waals surface area contributed by atoms with Crippen LogP contribution in [0.2, 0.25) is 0 Å². The lowest BCUT2D eigenvalue weighted by Gasteiger charge is -2.19. The zero-order chi connectivity index (χ0) is 24.2. The van der Waals surface area contributed by atoms with Crippen molar-refractivity contribution in [2.45, 2.75) is 44.1 Å². The number of hydrogen-bond acceptors (Lipinski definition) is 5. The Hall–Kier alpha value is -1.91. The highest BCUT2D eigenvalue weighted by molar-refractivity contribution is 7.85. The highest BCUT2D eigenvalue weighted by Gasteiger charge is 2.46. The van der Waals surface area contributed by atoms with Crippen LogP contribution in [0.5, 0.6) is 5.75 Å². The lowest BCUT2D eigenvalue weighted by atomic mass is 9.89. The zero-order valence-corrected chi connectivity index (χ0v) is 18.8. The van der Waals surface area contributed by atoms with Gasteiger partial charge >= 0.3 is 12.1 Å². The Bertz CT molecular complexity index is 874. The molecule has 2 saturated carbocycles. The van der Waals surface area contributed by atoms with Crippen LogP contribution >= 0.6 is 0 Å². The van der Waals surface area contributed by atoms with Crippen molar-refractivity contribution >= 4 is 16.8 Å². The number of carboxylic acids is 1. The molecule has 0 spiro atoms. The summed E-state index contributed by atoms with van der Waals surface area (Å²) in [5.74, 6) is -0.313. The number of benzene rings is 1. The van der Waals surface area contributed by atoms with E-state index in [2.05, 4.69) is 0 Å². The molecule has 0 saturated heterocycles. The van der Waals surface area contributed by atoms with E-state index in [0.29, 0.717) is 30.4 Å². The second kappa shape index (κ2) is 11.0. The number of aliphatic hydroxyl groups is 2. The summed E-state index contributed by atoms with van der Waals surface area (Å²) in [6.07, 6.45) is 0.307. The Labute approximate surface area is 192 Å². The minimum absolute atomic E-state index is 0.0113. The first-order valence-corrected chi connectivity index (χ1v) is 12.4. The molecule has 0 amide bonds. The number of aliphatic carboxylic acids is 1. The minimum Gasteiger partial charge on any atom is -0.491 e. The molecule has 7 atom stereocenters. The Morgan fingerprint density at radius 1 is 1.27 bits per heavy atom. The van der Waals surface area contributed by atoms with Crippen molar-refractivity contribution in [1.29, 1.82) is 0 Å². The molecule has 0 radical (unpaired) electrons. The lowest BCUT2D eigenvalue weighted by molar-refractivity contribution is -0.137. The number of aliphatic hydroxyl groups excluding tert-OH is 2. The molecule has 2 aliphatic rings. The Morgan fingerprint density at radius 3 is 2.73 bits per heavy atom. The molecule has 0 aromatic heterocycles. The number of rotatable bonds is 10. The van der Waals surface area contributed by atoms with Crippen LogP contribution in [0.15, 0.2) is 36.4 Å². The largest absolute Gasteiger partial charge is 0.491 e. The Kier molecular flexibility index (Phi) is 8.58. The molecule has 3 N–H and O–H groups in total. The first-order valence-electron chi connectivity index (χ1n) is 10.9. The molecule has 33 heavy (non-hydrogen) atoms. The van der Waals surface area contributed by atoms with Crippen LogP contribution in [-0.2, 0) is 21.8 Å². The lowest BCUT2D eigenvalue weighted by Crippen LogP contribution is -2.20. The maximum Gasteiger partial charge on any atom is 0.416 e. The van der Waals surface area contributed by atoms with Crippen molar-refractivity contribution < 1.29 is 42.2 Å². The fourth-order valence-electron chi connectivity index (χ4n) is 5.04. The molecule has 1 aromatic rings. The van der Waals surface area contributed by atoms with Crippen LogP contribution in [0.4, 0.5) is 13.2 Å². The smallest absolute Gasteiger partial charge is 0.416 e. The van der Waals surface area contributed by atoms with Crippen LogP contribution in [-0.4, -0.2) is 55.8 Å². The number of carbonyl (C=O) groups is 1. The maximum atomic E-state index is 12.8. The summed E-state index contributed by atoms with van der Waals surface area (Å²) in [7, 11) is -1.38. The molecule has 1 aromatic carbocycles. The van der Waals surface area contributed by atoms with Crippen molar-refractivity contribution in [2.75, 3.05) is 18.1 Å². The third-order valence-corrected chi connectivity index (χ3v) is 7.77. The summed E-state index contributed by atoms with van der Waals surface area (Å²) < 4.78 is 55.4. The van der Waals surface area contributed by atoms with Crippen molar-refractivity contribution in [3.05, 3.63) is 42.0 Å². The summed E-state index contributed by atoms with van der Waals surface area (Å²) in [6.45, 7) is -0.216. The van der Waals surface area contributed by atoms with E-state index in [4.69, 9.17) is 9.84 Å². The zero-order valence-electron chi connectivity index (χ0n) is 18.0. The summed E-state index contributed by atoms with van der Waals surface area (Å²) in [5, 5.41) is 29.4. The van der Waals surface area contributed by atoms with Gasteiger partial charge in [0, 0.05) is 22.5 Å². The topological polar surface area (TPSA) is 104 Å². The summed E-state index contributed by atoms with van der Waals surface area (Å²) >= 11 is 0. The van der Waals surface area contributed by atoms with Crippen molar-refractivity contribution in [3.8, 4) is 5.75 Å². The van der Waals surface area contributed by atoms with Crippen LogP contribution in [0.1, 0.15) is 31.2 Å². The average Bonchev–Trinajstić information content (AvgIpc) is 3.24. The van der Waals surface area contributed by atoms with Gasteiger partial charge in [0.25, 0.3) is 0 Å².